The van der Waals surface area contributed by atoms with Gasteiger partial charge in [0.05, 0.1) is 0 Å². The monoisotopic (exact) mass is 751 g/mol. The van der Waals surface area contributed by atoms with Crippen LogP contribution in [-0.2, 0) is 28.6 Å². The van der Waals surface area contributed by atoms with E-state index in [-0.39, 0.29) is 31.1 Å². The van der Waals surface area contributed by atoms with Crippen molar-refractivity contribution in [3.8, 4) is 0 Å². The first-order chi connectivity index (χ1) is 25.8. The van der Waals surface area contributed by atoms with Crippen molar-refractivity contribution in [2.24, 2.45) is 11.8 Å². The molecule has 0 amide bonds. The van der Waals surface area contributed by atoms with E-state index in [0.717, 1.165) is 69.6 Å². The number of hydrogen-bond donors (Lipinski definition) is 0. The highest BCUT2D eigenvalue weighted by Gasteiger charge is 2.19. The summed E-state index contributed by atoms with van der Waals surface area (Å²) in [5.41, 5.74) is 0. The molecule has 1 unspecified atom stereocenters. The molecular weight excluding hydrogens is 661 g/mol. The standard InChI is InChI=1S/C47H90O6/c1-6-8-9-10-11-12-13-14-15-16-17-18-19-20-29-34-39-47(50)53-44(40-51-45(48)37-32-27-23-21-25-30-35-42(3)4)41-52-46(49)38-33-28-24-22-26-31-36-43(5)7-2/h42-44H,6-41H2,1-5H3/t43?,44-/m1/s1. The average molecular weight is 751 g/mol. The third-order valence-electron chi connectivity index (χ3n) is 10.8. The zero-order valence-electron chi connectivity index (χ0n) is 36.1. The Kier molecular flexibility index (Phi) is 38.9. The van der Waals surface area contributed by atoms with Crippen LogP contribution in [0.4, 0.5) is 0 Å². The largest absolute Gasteiger partial charge is 0.462 e. The lowest BCUT2D eigenvalue weighted by atomic mass is 10.00. The molecule has 0 heterocycles. The van der Waals surface area contributed by atoms with Crippen molar-refractivity contribution < 1.29 is 28.6 Å². The van der Waals surface area contributed by atoms with E-state index in [4.69, 9.17) is 14.2 Å². The summed E-state index contributed by atoms with van der Waals surface area (Å²) in [6.07, 6.45) is 38.2. The molecule has 2 atom stereocenters. The zero-order valence-corrected chi connectivity index (χ0v) is 36.1. The smallest absolute Gasteiger partial charge is 0.306 e. The summed E-state index contributed by atoms with van der Waals surface area (Å²) in [4.78, 5) is 37.7. The van der Waals surface area contributed by atoms with E-state index < -0.39 is 6.10 Å². The molecule has 0 aromatic carbocycles. The minimum atomic E-state index is -0.761. The normalized spacial score (nSPS) is 12.6. The molecule has 0 radical (unpaired) electrons. The van der Waals surface area contributed by atoms with Gasteiger partial charge in [-0.3, -0.25) is 14.4 Å². The fourth-order valence-corrected chi connectivity index (χ4v) is 6.90. The molecule has 6 heteroatoms. The van der Waals surface area contributed by atoms with Crippen LogP contribution in [0.15, 0.2) is 0 Å². The van der Waals surface area contributed by atoms with Crippen LogP contribution in [0.5, 0.6) is 0 Å². The van der Waals surface area contributed by atoms with Gasteiger partial charge in [0, 0.05) is 19.3 Å². The lowest BCUT2D eigenvalue weighted by Crippen LogP contribution is -2.30. The Labute approximate surface area is 329 Å². The molecule has 0 aliphatic rings. The maximum Gasteiger partial charge on any atom is 0.306 e. The number of unbranched alkanes of at least 4 members (excludes halogenated alkanes) is 25. The number of carbonyl (C=O) groups excluding carboxylic acids is 3. The van der Waals surface area contributed by atoms with E-state index in [2.05, 4.69) is 34.6 Å². The first-order valence-corrected chi connectivity index (χ1v) is 23.3. The second-order valence-electron chi connectivity index (χ2n) is 16.8. The van der Waals surface area contributed by atoms with Crippen molar-refractivity contribution >= 4 is 17.9 Å². The van der Waals surface area contributed by atoms with Crippen LogP contribution in [0, 0.1) is 11.8 Å². The molecule has 0 aliphatic carbocycles. The van der Waals surface area contributed by atoms with E-state index >= 15 is 0 Å². The Morgan fingerprint density at radius 3 is 1.08 bits per heavy atom. The maximum absolute atomic E-state index is 12.7. The lowest BCUT2D eigenvalue weighted by Gasteiger charge is -2.18. The summed E-state index contributed by atoms with van der Waals surface area (Å²) in [7, 11) is 0. The predicted molar refractivity (Wildman–Crippen MR) is 224 cm³/mol. The highest BCUT2D eigenvalue weighted by Crippen LogP contribution is 2.17. The quantitative estimate of drug-likeness (QED) is 0.0352. The highest BCUT2D eigenvalue weighted by molar-refractivity contribution is 5.71. The summed E-state index contributed by atoms with van der Waals surface area (Å²) >= 11 is 0. The molecule has 0 aromatic heterocycles. The molecule has 0 rings (SSSR count). The van der Waals surface area contributed by atoms with E-state index in [9.17, 15) is 14.4 Å². The number of hydrogen-bond acceptors (Lipinski definition) is 6. The highest BCUT2D eigenvalue weighted by atomic mass is 16.6. The van der Waals surface area contributed by atoms with Crippen molar-refractivity contribution in [3.05, 3.63) is 0 Å². The topological polar surface area (TPSA) is 78.9 Å². The molecule has 0 bridgehead atoms. The van der Waals surface area contributed by atoms with Crippen LogP contribution >= 0.6 is 0 Å². The Morgan fingerprint density at radius 2 is 0.717 bits per heavy atom. The van der Waals surface area contributed by atoms with E-state index in [0.29, 0.717) is 19.3 Å². The Hall–Kier alpha value is -1.59. The maximum atomic E-state index is 12.7. The average Bonchev–Trinajstić information content (AvgIpc) is 3.14. The number of rotatable bonds is 41. The number of esters is 3. The van der Waals surface area contributed by atoms with Crippen LogP contribution in [0.2, 0.25) is 0 Å². The van der Waals surface area contributed by atoms with E-state index in [1.165, 1.54) is 141 Å². The molecule has 0 saturated heterocycles. The first-order valence-electron chi connectivity index (χ1n) is 23.3. The summed E-state index contributed by atoms with van der Waals surface area (Å²) in [5.74, 6) is 0.714. The van der Waals surface area contributed by atoms with E-state index in [1.54, 1.807) is 0 Å². The predicted octanol–water partition coefficient (Wildman–Crippen LogP) is 14.6. The van der Waals surface area contributed by atoms with Crippen molar-refractivity contribution in [2.75, 3.05) is 13.2 Å². The van der Waals surface area contributed by atoms with Gasteiger partial charge in [-0.1, -0.05) is 214 Å². The van der Waals surface area contributed by atoms with Crippen LogP contribution in [0.3, 0.4) is 0 Å². The minimum absolute atomic E-state index is 0.0667. The Morgan fingerprint density at radius 1 is 0.396 bits per heavy atom. The molecule has 53 heavy (non-hydrogen) atoms. The van der Waals surface area contributed by atoms with Gasteiger partial charge in [0.2, 0.25) is 0 Å². The van der Waals surface area contributed by atoms with Gasteiger partial charge in [-0.2, -0.15) is 0 Å². The fraction of sp³-hybridized carbons (Fsp3) is 0.936. The molecule has 0 N–H and O–H groups in total. The zero-order chi connectivity index (χ0) is 39.0. The summed E-state index contributed by atoms with van der Waals surface area (Å²) in [6, 6.07) is 0. The van der Waals surface area contributed by atoms with E-state index in [1.807, 2.05) is 0 Å². The fourth-order valence-electron chi connectivity index (χ4n) is 6.90. The SMILES string of the molecule is CCCCCCCCCCCCCCCCCCC(=O)O[C@H](COC(=O)CCCCCCCCC(C)C)COC(=O)CCCCCCCCC(C)CC. The molecular formula is C47H90O6. The van der Waals surface area contributed by atoms with Gasteiger partial charge >= 0.3 is 17.9 Å². The molecule has 0 spiro atoms. The summed E-state index contributed by atoms with van der Waals surface area (Å²) in [6.45, 7) is 11.2. The van der Waals surface area contributed by atoms with Gasteiger partial charge in [0.15, 0.2) is 6.10 Å². The van der Waals surface area contributed by atoms with Gasteiger partial charge in [-0.25, -0.2) is 0 Å². The second kappa shape index (κ2) is 40.1. The third-order valence-corrected chi connectivity index (χ3v) is 10.8. The van der Waals surface area contributed by atoms with Crippen molar-refractivity contribution in [1.29, 1.82) is 0 Å². The Bertz CT molecular complexity index is 811. The minimum Gasteiger partial charge on any atom is -0.462 e. The first kappa shape index (κ1) is 51.4. The second-order valence-corrected chi connectivity index (χ2v) is 16.8. The third kappa shape index (κ3) is 39.9. The van der Waals surface area contributed by atoms with Gasteiger partial charge < -0.3 is 14.2 Å². The summed E-state index contributed by atoms with van der Waals surface area (Å²) < 4.78 is 16.7. The molecule has 6 nitrogen and oxygen atoms in total. The van der Waals surface area contributed by atoms with Crippen LogP contribution in [0.1, 0.15) is 253 Å². The number of ether oxygens (including phenoxy) is 3. The van der Waals surface area contributed by atoms with Gasteiger partial charge in [0.1, 0.15) is 13.2 Å². The summed E-state index contributed by atoms with van der Waals surface area (Å²) in [5, 5.41) is 0. The van der Waals surface area contributed by atoms with Gasteiger partial charge in [-0.15, -0.1) is 0 Å². The molecule has 0 saturated carbocycles. The van der Waals surface area contributed by atoms with Crippen LogP contribution < -0.4 is 0 Å². The van der Waals surface area contributed by atoms with Crippen LogP contribution in [0.25, 0.3) is 0 Å². The van der Waals surface area contributed by atoms with Gasteiger partial charge in [0.25, 0.3) is 0 Å². The van der Waals surface area contributed by atoms with Crippen molar-refractivity contribution in [3.63, 3.8) is 0 Å². The molecule has 314 valence electrons. The molecule has 0 aliphatic heterocycles. The van der Waals surface area contributed by atoms with Gasteiger partial charge in [-0.05, 0) is 31.1 Å². The molecule has 0 aromatic rings. The van der Waals surface area contributed by atoms with Crippen molar-refractivity contribution in [1.82, 2.24) is 0 Å². The van der Waals surface area contributed by atoms with Crippen molar-refractivity contribution in [2.45, 2.75) is 259 Å². The van der Waals surface area contributed by atoms with Crippen LogP contribution in [-0.4, -0.2) is 37.2 Å². The Balaban J connectivity index is 4.30. The number of carbonyl (C=O) groups is 3. The molecule has 0 fully saturated rings. The lowest BCUT2D eigenvalue weighted by molar-refractivity contribution is -0.167.